The number of nitrogens with zero attached hydrogens (tertiary/aromatic N) is 1. The average Bonchev–Trinajstić information content (AvgIpc) is 2.99. The van der Waals surface area contributed by atoms with Crippen molar-refractivity contribution in [3.8, 4) is 0 Å². The summed E-state index contributed by atoms with van der Waals surface area (Å²) in [5.41, 5.74) is 3.31. The maximum absolute atomic E-state index is 12.9. The Morgan fingerprint density at radius 3 is 2.43 bits per heavy atom. The van der Waals surface area contributed by atoms with E-state index >= 15 is 0 Å². The van der Waals surface area contributed by atoms with Gasteiger partial charge in [0.1, 0.15) is 0 Å². The third kappa shape index (κ3) is 3.55. The smallest absolute Gasteiger partial charge is 0.258 e. The highest BCUT2D eigenvalue weighted by molar-refractivity contribution is 7.89. The maximum atomic E-state index is 12.9. The van der Waals surface area contributed by atoms with Crippen LogP contribution in [0.3, 0.4) is 0 Å². The normalized spacial score (nSPS) is 11.9. The molecule has 0 aliphatic rings. The van der Waals surface area contributed by atoms with Gasteiger partial charge in [-0.25, -0.2) is 8.42 Å². The number of aromatic amines is 1. The zero-order chi connectivity index (χ0) is 20.5. The molecule has 3 rings (SSSR count). The predicted octanol–water partition coefficient (Wildman–Crippen LogP) is 4.07. The summed E-state index contributed by atoms with van der Waals surface area (Å²) in [6, 6.07) is 12.6. The lowest BCUT2D eigenvalue weighted by molar-refractivity contribution is 0.102. The molecule has 0 fully saturated rings. The summed E-state index contributed by atoms with van der Waals surface area (Å²) in [6.07, 6.45) is 0. The van der Waals surface area contributed by atoms with Crippen LogP contribution in [0.2, 0.25) is 0 Å². The Kier molecular flexibility index (Phi) is 5.58. The summed E-state index contributed by atoms with van der Waals surface area (Å²) in [4.78, 5) is 16.3. The Hall–Kier alpha value is -2.64. The summed E-state index contributed by atoms with van der Waals surface area (Å²) >= 11 is 0. The van der Waals surface area contributed by atoms with Crippen LogP contribution in [0.1, 0.15) is 35.5 Å². The second-order valence-electron chi connectivity index (χ2n) is 6.69. The van der Waals surface area contributed by atoms with Crippen molar-refractivity contribution in [2.45, 2.75) is 32.6 Å². The highest BCUT2D eigenvalue weighted by Gasteiger charge is 2.24. The van der Waals surface area contributed by atoms with Gasteiger partial charge in [0, 0.05) is 35.4 Å². The zero-order valence-electron chi connectivity index (χ0n) is 16.5. The van der Waals surface area contributed by atoms with Crippen LogP contribution < -0.4 is 5.32 Å². The lowest BCUT2D eigenvalue weighted by atomic mass is 10.1. The van der Waals surface area contributed by atoms with Crippen LogP contribution in [0.5, 0.6) is 0 Å². The van der Waals surface area contributed by atoms with Gasteiger partial charge in [-0.2, -0.15) is 4.31 Å². The summed E-state index contributed by atoms with van der Waals surface area (Å²) in [7, 11) is -3.61. The molecule has 148 valence electrons. The molecule has 2 N–H and O–H groups in total. The number of carbonyl (C=O) groups is 1. The number of sulfonamides is 1. The fourth-order valence-corrected chi connectivity index (χ4v) is 5.13. The van der Waals surface area contributed by atoms with Gasteiger partial charge in [-0.05, 0) is 37.6 Å². The molecule has 6 nitrogen and oxygen atoms in total. The molecule has 7 heteroatoms. The minimum atomic E-state index is -3.61. The van der Waals surface area contributed by atoms with Gasteiger partial charge in [-0.1, -0.05) is 38.1 Å². The highest BCUT2D eigenvalue weighted by Crippen LogP contribution is 2.26. The molecule has 0 saturated carbocycles. The van der Waals surface area contributed by atoms with Crippen LogP contribution in [0.25, 0.3) is 10.9 Å². The molecule has 2 aromatic carbocycles. The predicted molar refractivity (Wildman–Crippen MR) is 112 cm³/mol. The summed E-state index contributed by atoms with van der Waals surface area (Å²) < 4.78 is 27.2. The van der Waals surface area contributed by atoms with E-state index in [0.29, 0.717) is 29.9 Å². The van der Waals surface area contributed by atoms with E-state index in [4.69, 9.17) is 0 Å². The lowest BCUT2D eigenvalue weighted by Crippen LogP contribution is -2.31. The number of para-hydroxylation sites is 1. The van der Waals surface area contributed by atoms with Gasteiger partial charge in [0.05, 0.1) is 10.5 Å². The van der Waals surface area contributed by atoms with Gasteiger partial charge in [0.15, 0.2) is 0 Å². The zero-order valence-corrected chi connectivity index (χ0v) is 17.4. The number of rotatable bonds is 6. The van der Waals surface area contributed by atoms with E-state index in [0.717, 1.165) is 16.6 Å². The van der Waals surface area contributed by atoms with Crippen LogP contribution in [0.4, 0.5) is 5.69 Å². The first-order valence-electron chi connectivity index (χ1n) is 9.29. The molecule has 1 heterocycles. The summed E-state index contributed by atoms with van der Waals surface area (Å²) in [5, 5.41) is 3.68. The second-order valence-corrected chi connectivity index (χ2v) is 8.60. The minimum Gasteiger partial charge on any atom is -0.358 e. The first kappa shape index (κ1) is 20.1. The molecule has 1 aromatic heterocycles. The van der Waals surface area contributed by atoms with Crippen LogP contribution in [0.15, 0.2) is 47.4 Å². The second kappa shape index (κ2) is 7.77. The van der Waals surface area contributed by atoms with Gasteiger partial charge in [-0.3, -0.25) is 4.79 Å². The average molecular weight is 400 g/mol. The van der Waals surface area contributed by atoms with E-state index in [-0.39, 0.29) is 10.8 Å². The fraction of sp³-hybridized carbons (Fsp3) is 0.286. The van der Waals surface area contributed by atoms with Crippen molar-refractivity contribution in [3.63, 3.8) is 0 Å². The molecule has 0 aliphatic heterocycles. The third-order valence-corrected chi connectivity index (χ3v) is 7.08. The number of amides is 1. The Morgan fingerprint density at radius 2 is 1.75 bits per heavy atom. The number of anilines is 1. The van der Waals surface area contributed by atoms with E-state index in [1.54, 1.807) is 19.1 Å². The molecule has 0 atom stereocenters. The highest BCUT2D eigenvalue weighted by atomic mass is 32.2. The number of aromatic nitrogens is 1. The Morgan fingerprint density at radius 1 is 1.07 bits per heavy atom. The van der Waals surface area contributed by atoms with E-state index in [9.17, 15) is 13.2 Å². The van der Waals surface area contributed by atoms with Gasteiger partial charge < -0.3 is 10.3 Å². The molecule has 28 heavy (non-hydrogen) atoms. The number of fused-ring (bicyclic) bond motifs is 1. The number of hydrogen-bond acceptors (Lipinski definition) is 3. The number of hydrogen-bond donors (Lipinski definition) is 2. The van der Waals surface area contributed by atoms with Crippen LogP contribution in [-0.2, 0) is 10.0 Å². The summed E-state index contributed by atoms with van der Waals surface area (Å²) in [5.74, 6) is -0.273. The molecule has 0 radical (unpaired) electrons. The number of benzene rings is 2. The van der Waals surface area contributed by atoms with E-state index in [1.807, 2.05) is 45.0 Å². The van der Waals surface area contributed by atoms with Gasteiger partial charge in [-0.15, -0.1) is 0 Å². The van der Waals surface area contributed by atoms with Crippen LogP contribution in [-0.4, -0.2) is 36.7 Å². The molecule has 1 amide bonds. The summed E-state index contributed by atoms with van der Waals surface area (Å²) in [6.45, 7) is 8.00. The number of aryl methyl sites for hydroxylation is 2. The van der Waals surface area contributed by atoms with Crippen molar-refractivity contribution in [3.05, 3.63) is 59.3 Å². The van der Waals surface area contributed by atoms with Crippen molar-refractivity contribution in [2.24, 2.45) is 0 Å². The minimum absolute atomic E-state index is 0.213. The van der Waals surface area contributed by atoms with E-state index in [1.165, 1.54) is 10.4 Å². The number of H-pyrrole nitrogens is 1. The molecular weight excluding hydrogens is 374 g/mol. The molecular formula is C21H25N3O3S. The Balaban J connectivity index is 1.97. The van der Waals surface area contributed by atoms with E-state index in [2.05, 4.69) is 10.3 Å². The van der Waals surface area contributed by atoms with E-state index < -0.39 is 10.0 Å². The number of nitrogens with one attached hydrogen (secondary N) is 2. The molecule has 3 aromatic rings. The molecule has 0 aliphatic carbocycles. The lowest BCUT2D eigenvalue weighted by Gasteiger charge is -2.20. The van der Waals surface area contributed by atoms with Crippen molar-refractivity contribution in [2.75, 3.05) is 18.4 Å². The maximum Gasteiger partial charge on any atom is 0.258 e. The fourth-order valence-electron chi connectivity index (χ4n) is 3.42. The molecule has 0 saturated heterocycles. The SMILES string of the molecule is CCN(CC)S(=O)(=O)c1cc(NC(=O)c2c(C)[nH]c3ccccc23)ccc1C. The third-order valence-electron chi connectivity index (χ3n) is 4.89. The van der Waals surface area contributed by atoms with Crippen LogP contribution >= 0.6 is 0 Å². The van der Waals surface area contributed by atoms with Crippen molar-refractivity contribution >= 4 is 32.5 Å². The van der Waals surface area contributed by atoms with Crippen molar-refractivity contribution in [1.29, 1.82) is 0 Å². The largest absolute Gasteiger partial charge is 0.358 e. The molecule has 0 bridgehead atoms. The molecule has 0 unspecified atom stereocenters. The standard InChI is InChI=1S/C21H25N3O3S/c1-5-24(6-2)28(26,27)19-13-16(12-11-14(19)3)23-21(25)20-15(4)22-18-10-8-7-9-17(18)20/h7-13,22H,5-6H2,1-4H3,(H,23,25). The molecule has 0 spiro atoms. The van der Waals surface area contributed by atoms with Gasteiger partial charge in [0.25, 0.3) is 5.91 Å². The van der Waals surface area contributed by atoms with Crippen molar-refractivity contribution < 1.29 is 13.2 Å². The quantitative estimate of drug-likeness (QED) is 0.655. The van der Waals surface area contributed by atoms with Gasteiger partial charge >= 0.3 is 0 Å². The van der Waals surface area contributed by atoms with Crippen LogP contribution in [0, 0.1) is 13.8 Å². The first-order chi connectivity index (χ1) is 13.3. The Labute approximate surface area is 165 Å². The topological polar surface area (TPSA) is 82.3 Å². The first-order valence-corrected chi connectivity index (χ1v) is 10.7. The monoisotopic (exact) mass is 399 g/mol. The van der Waals surface area contributed by atoms with Crippen molar-refractivity contribution in [1.82, 2.24) is 9.29 Å². The Bertz CT molecular complexity index is 1130. The number of carbonyl (C=O) groups excluding carboxylic acids is 1. The van der Waals surface area contributed by atoms with Gasteiger partial charge in [0.2, 0.25) is 10.0 Å².